The highest BCUT2D eigenvalue weighted by Crippen LogP contribution is 2.30. The summed E-state index contributed by atoms with van der Waals surface area (Å²) in [5.41, 5.74) is 7.23. The third-order valence-corrected chi connectivity index (χ3v) is 5.65. The highest BCUT2D eigenvalue weighted by molar-refractivity contribution is 6.02. The number of nitrogens with one attached hydrogen (secondary N) is 1. The lowest BCUT2D eigenvalue weighted by atomic mass is 10.1. The number of aryl methyl sites for hydroxylation is 3. The zero-order valence-corrected chi connectivity index (χ0v) is 19.3. The molecule has 1 N–H and O–H groups in total. The molecule has 0 aliphatic heterocycles. The number of anilines is 1. The Balaban J connectivity index is 1.34. The van der Waals surface area contributed by atoms with Crippen LogP contribution in [0, 0.1) is 20.8 Å². The second-order valence-electron chi connectivity index (χ2n) is 8.37. The lowest BCUT2D eigenvalue weighted by Crippen LogP contribution is -2.09. The minimum Gasteiger partial charge on any atom is -0.457 e. The van der Waals surface area contributed by atoms with Crippen LogP contribution in [0.4, 0.5) is 5.69 Å². The minimum atomic E-state index is -0.248. The molecule has 0 spiro atoms. The fraction of sp³-hybridized carbons (Fsp3) is 0.103. The zero-order chi connectivity index (χ0) is 23.7. The Labute approximate surface area is 197 Å². The fourth-order valence-electron chi connectivity index (χ4n) is 3.92. The van der Waals surface area contributed by atoms with Crippen molar-refractivity contribution in [1.82, 2.24) is 4.98 Å². The van der Waals surface area contributed by atoms with Crippen molar-refractivity contribution in [2.24, 2.45) is 0 Å². The lowest BCUT2D eigenvalue weighted by Gasteiger charge is -2.08. The average molecular weight is 449 g/mol. The molecule has 0 aliphatic carbocycles. The van der Waals surface area contributed by atoms with E-state index in [1.165, 1.54) is 6.08 Å². The van der Waals surface area contributed by atoms with E-state index in [0.717, 1.165) is 44.7 Å². The number of furan rings is 1. The number of carbonyl (C=O) groups is 1. The molecule has 0 aliphatic rings. The number of hydrogen-bond acceptors (Lipinski definition) is 4. The first-order valence-electron chi connectivity index (χ1n) is 11.1. The van der Waals surface area contributed by atoms with Gasteiger partial charge in [0, 0.05) is 22.9 Å². The average Bonchev–Trinajstić information content (AvgIpc) is 3.47. The maximum absolute atomic E-state index is 12.6. The molecule has 1 amide bonds. The van der Waals surface area contributed by atoms with Crippen LogP contribution >= 0.6 is 0 Å². The molecule has 5 heteroatoms. The molecule has 0 atom stereocenters. The van der Waals surface area contributed by atoms with E-state index in [9.17, 15) is 4.79 Å². The molecular weight excluding hydrogens is 424 g/mol. The van der Waals surface area contributed by atoms with Crippen LogP contribution in [0.15, 0.2) is 87.7 Å². The number of amides is 1. The summed E-state index contributed by atoms with van der Waals surface area (Å²) >= 11 is 0. The van der Waals surface area contributed by atoms with Crippen molar-refractivity contribution >= 4 is 28.8 Å². The van der Waals surface area contributed by atoms with Crippen molar-refractivity contribution in [3.8, 4) is 22.8 Å². The number of rotatable bonds is 5. The molecule has 5 aromatic rings. The molecule has 0 unspecified atom stereocenters. The summed E-state index contributed by atoms with van der Waals surface area (Å²) in [5.74, 6) is 1.64. The van der Waals surface area contributed by atoms with Gasteiger partial charge < -0.3 is 14.2 Å². The topological polar surface area (TPSA) is 68.3 Å². The number of carbonyl (C=O) groups excluding carboxylic acids is 1. The van der Waals surface area contributed by atoms with E-state index in [1.807, 2.05) is 87.5 Å². The maximum Gasteiger partial charge on any atom is 0.248 e. The van der Waals surface area contributed by atoms with Crippen LogP contribution in [0.2, 0.25) is 0 Å². The SMILES string of the molecule is Cc1cc(C)c2oc(-c3ccc(C)c(NC(=O)/C=C/c4ccc(-c5ccccc5)o4)c3)nc2c1. The summed E-state index contributed by atoms with van der Waals surface area (Å²) in [6.07, 6.45) is 3.12. The van der Waals surface area contributed by atoms with Crippen LogP contribution in [0.1, 0.15) is 22.5 Å². The van der Waals surface area contributed by atoms with Crippen LogP contribution in [0.25, 0.3) is 40.0 Å². The number of nitrogens with zero attached hydrogens (tertiary/aromatic N) is 1. The standard InChI is InChI=1S/C29H24N2O3/c1-18-15-20(3)28-25(16-18)31-29(34-28)22-10-9-19(2)24(17-22)30-27(32)14-12-23-11-13-26(33-23)21-7-5-4-6-8-21/h4-17H,1-3H3,(H,30,32)/b14-12+. The van der Waals surface area contributed by atoms with Crippen molar-refractivity contribution < 1.29 is 13.6 Å². The molecule has 2 heterocycles. The number of fused-ring (bicyclic) bond motifs is 1. The second-order valence-corrected chi connectivity index (χ2v) is 8.37. The van der Waals surface area contributed by atoms with E-state index in [4.69, 9.17) is 8.83 Å². The van der Waals surface area contributed by atoms with Crippen LogP contribution in [0.5, 0.6) is 0 Å². The van der Waals surface area contributed by atoms with Crippen molar-refractivity contribution in [1.29, 1.82) is 0 Å². The van der Waals surface area contributed by atoms with Gasteiger partial charge in [-0.05, 0) is 73.9 Å². The molecule has 0 bridgehead atoms. The first-order valence-corrected chi connectivity index (χ1v) is 11.1. The van der Waals surface area contributed by atoms with E-state index in [2.05, 4.69) is 16.4 Å². The van der Waals surface area contributed by atoms with Gasteiger partial charge in [-0.15, -0.1) is 0 Å². The molecule has 0 fully saturated rings. The van der Waals surface area contributed by atoms with Gasteiger partial charge in [0.25, 0.3) is 0 Å². The Kier molecular flexibility index (Phi) is 5.60. The molecule has 0 saturated heterocycles. The largest absolute Gasteiger partial charge is 0.457 e. The third-order valence-electron chi connectivity index (χ3n) is 5.65. The first kappa shape index (κ1) is 21.5. The van der Waals surface area contributed by atoms with Crippen molar-refractivity contribution in [3.05, 3.63) is 101 Å². The molecule has 168 valence electrons. The number of oxazole rings is 1. The summed E-state index contributed by atoms with van der Waals surface area (Å²) in [5, 5.41) is 2.95. The number of aromatic nitrogens is 1. The fourth-order valence-corrected chi connectivity index (χ4v) is 3.92. The molecule has 2 aromatic heterocycles. The Morgan fingerprint density at radius 1 is 0.853 bits per heavy atom. The normalized spacial score (nSPS) is 11.4. The molecule has 0 saturated carbocycles. The molecular formula is C29H24N2O3. The van der Waals surface area contributed by atoms with E-state index in [-0.39, 0.29) is 5.91 Å². The molecule has 34 heavy (non-hydrogen) atoms. The van der Waals surface area contributed by atoms with Crippen LogP contribution in [0.3, 0.4) is 0 Å². The van der Waals surface area contributed by atoms with Crippen molar-refractivity contribution in [2.75, 3.05) is 5.32 Å². The molecule has 5 nitrogen and oxygen atoms in total. The van der Waals surface area contributed by atoms with Gasteiger partial charge in [0.1, 0.15) is 17.0 Å². The number of hydrogen-bond donors (Lipinski definition) is 1. The van der Waals surface area contributed by atoms with Gasteiger partial charge in [0.15, 0.2) is 5.58 Å². The van der Waals surface area contributed by atoms with E-state index in [0.29, 0.717) is 17.3 Å². The van der Waals surface area contributed by atoms with Gasteiger partial charge in [0.2, 0.25) is 11.8 Å². The Bertz CT molecular complexity index is 1520. The van der Waals surface area contributed by atoms with Gasteiger partial charge in [-0.2, -0.15) is 0 Å². The van der Waals surface area contributed by atoms with Crippen molar-refractivity contribution in [3.63, 3.8) is 0 Å². The van der Waals surface area contributed by atoms with Crippen LogP contribution in [-0.2, 0) is 4.79 Å². The summed E-state index contributed by atoms with van der Waals surface area (Å²) < 4.78 is 11.9. The van der Waals surface area contributed by atoms with Gasteiger partial charge in [-0.1, -0.05) is 42.5 Å². The third kappa shape index (κ3) is 4.41. The van der Waals surface area contributed by atoms with E-state index < -0.39 is 0 Å². The molecule has 5 rings (SSSR count). The van der Waals surface area contributed by atoms with E-state index in [1.54, 1.807) is 6.08 Å². The Morgan fingerprint density at radius 3 is 2.50 bits per heavy atom. The highest BCUT2D eigenvalue weighted by atomic mass is 16.3. The van der Waals surface area contributed by atoms with Gasteiger partial charge >= 0.3 is 0 Å². The number of benzene rings is 3. The Hall–Kier alpha value is -4.38. The smallest absolute Gasteiger partial charge is 0.248 e. The second kappa shape index (κ2) is 8.87. The maximum atomic E-state index is 12.6. The minimum absolute atomic E-state index is 0.248. The summed E-state index contributed by atoms with van der Waals surface area (Å²) in [6, 6.07) is 23.4. The van der Waals surface area contributed by atoms with E-state index >= 15 is 0 Å². The molecule has 3 aromatic carbocycles. The summed E-state index contributed by atoms with van der Waals surface area (Å²) in [4.78, 5) is 17.3. The monoisotopic (exact) mass is 448 g/mol. The predicted octanol–water partition coefficient (Wildman–Crippen LogP) is 7.33. The van der Waals surface area contributed by atoms with Gasteiger partial charge in [0.05, 0.1) is 0 Å². The lowest BCUT2D eigenvalue weighted by molar-refractivity contribution is -0.111. The van der Waals surface area contributed by atoms with Crippen molar-refractivity contribution in [2.45, 2.75) is 20.8 Å². The summed E-state index contributed by atoms with van der Waals surface area (Å²) in [7, 11) is 0. The molecule has 0 radical (unpaired) electrons. The van der Waals surface area contributed by atoms with Crippen LogP contribution < -0.4 is 5.32 Å². The quantitative estimate of drug-likeness (QED) is 0.286. The summed E-state index contributed by atoms with van der Waals surface area (Å²) in [6.45, 7) is 6.00. The van der Waals surface area contributed by atoms with Gasteiger partial charge in [-0.25, -0.2) is 4.98 Å². The first-order chi connectivity index (χ1) is 16.5. The predicted molar refractivity (Wildman–Crippen MR) is 135 cm³/mol. The highest BCUT2D eigenvalue weighted by Gasteiger charge is 2.13. The van der Waals surface area contributed by atoms with Crippen LogP contribution in [-0.4, -0.2) is 10.9 Å². The Morgan fingerprint density at radius 2 is 1.68 bits per heavy atom. The van der Waals surface area contributed by atoms with Gasteiger partial charge in [-0.3, -0.25) is 4.79 Å². The zero-order valence-electron chi connectivity index (χ0n) is 19.3.